The van der Waals surface area contributed by atoms with Gasteiger partial charge >= 0.3 is 18.1 Å². The first-order chi connectivity index (χ1) is 9.89. The van der Waals surface area contributed by atoms with E-state index in [4.69, 9.17) is 4.74 Å². The van der Waals surface area contributed by atoms with Crippen LogP contribution in [0.15, 0.2) is 0 Å². The molecule has 2 atom stereocenters. The van der Waals surface area contributed by atoms with Crippen LogP contribution < -0.4 is 0 Å². The Labute approximate surface area is 128 Å². The highest BCUT2D eigenvalue weighted by atomic mass is 19.4. The first-order valence-electron chi connectivity index (χ1n) is 7.41. The van der Waals surface area contributed by atoms with Gasteiger partial charge in [0.1, 0.15) is 5.60 Å². The van der Waals surface area contributed by atoms with E-state index in [1.807, 2.05) is 0 Å². The number of esters is 1. The van der Waals surface area contributed by atoms with Gasteiger partial charge in [0.25, 0.3) is 0 Å². The molecule has 0 aromatic rings. The van der Waals surface area contributed by atoms with Gasteiger partial charge < -0.3 is 9.84 Å². The summed E-state index contributed by atoms with van der Waals surface area (Å²) in [5.74, 6) is -4.28. The molecule has 0 unspecified atom stereocenters. The molecule has 0 aromatic carbocycles. The van der Waals surface area contributed by atoms with Crippen LogP contribution in [0.1, 0.15) is 52.9 Å². The summed E-state index contributed by atoms with van der Waals surface area (Å²) in [6, 6.07) is 0. The zero-order chi connectivity index (χ0) is 17.1. The molecule has 7 heteroatoms. The maximum Gasteiger partial charge on any atom is 0.389 e. The lowest BCUT2D eigenvalue weighted by Gasteiger charge is -2.27. The standard InChI is InChI=1S/C15H23F3O4/c1-14(2,3)22-13(21)10(6-7-15(16,17)18)11(12(19)20)8-9-4-5-9/h9-11H,4-8H2,1-3H3,(H,19,20)/t10-,11+/m1/s1. The van der Waals surface area contributed by atoms with Crippen LogP contribution in [-0.4, -0.2) is 28.8 Å². The first-order valence-corrected chi connectivity index (χ1v) is 7.41. The minimum Gasteiger partial charge on any atom is -0.481 e. The normalized spacial score (nSPS) is 18.6. The minimum absolute atomic E-state index is 0.192. The summed E-state index contributed by atoms with van der Waals surface area (Å²) in [5, 5.41) is 9.31. The highest BCUT2D eigenvalue weighted by molar-refractivity contribution is 5.81. The van der Waals surface area contributed by atoms with Crippen molar-refractivity contribution in [2.24, 2.45) is 17.8 Å². The molecule has 0 heterocycles. The Morgan fingerprint density at radius 1 is 1.18 bits per heavy atom. The molecular formula is C15H23F3O4. The third-order valence-electron chi connectivity index (χ3n) is 3.54. The van der Waals surface area contributed by atoms with E-state index < -0.39 is 48.4 Å². The van der Waals surface area contributed by atoms with E-state index >= 15 is 0 Å². The third kappa shape index (κ3) is 7.13. The van der Waals surface area contributed by atoms with E-state index in [0.29, 0.717) is 0 Å². The lowest BCUT2D eigenvalue weighted by atomic mass is 9.84. The van der Waals surface area contributed by atoms with Crippen molar-refractivity contribution in [3.63, 3.8) is 0 Å². The monoisotopic (exact) mass is 324 g/mol. The Morgan fingerprint density at radius 3 is 2.09 bits per heavy atom. The summed E-state index contributed by atoms with van der Waals surface area (Å²) >= 11 is 0. The van der Waals surface area contributed by atoms with Gasteiger partial charge in [-0.25, -0.2) is 0 Å². The van der Waals surface area contributed by atoms with E-state index in [1.54, 1.807) is 20.8 Å². The Balaban J connectivity index is 2.86. The summed E-state index contributed by atoms with van der Waals surface area (Å²) in [5.41, 5.74) is -0.865. The topological polar surface area (TPSA) is 63.6 Å². The molecule has 0 amide bonds. The number of carboxylic acids is 1. The van der Waals surface area contributed by atoms with Crippen LogP contribution in [-0.2, 0) is 14.3 Å². The Hall–Kier alpha value is -1.27. The number of rotatable bonds is 7. The van der Waals surface area contributed by atoms with Crippen molar-refractivity contribution in [2.75, 3.05) is 0 Å². The number of alkyl halides is 3. The largest absolute Gasteiger partial charge is 0.481 e. The van der Waals surface area contributed by atoms with Gasteiger partial charge in [-0.15, -0.1) is 0 Å². The molecule has 4 nitrogen and oxygen atoms in total. The number of carboxylic acid groups (broad SMARTS) is 1. The highest BCUT2D eigenvalue weighted by Crippen LogP contribution is 2.40. The van der Waals surface area contributed by atoms with Gasteiger partial charge in [-0.3, -0.25) is 9.59 Å². The zero-order valence-electron chi connectivity index (χ0n) is 13.1. The summed E-state index contributed by atoms with van der Waals surface area (Å²) < 4.78 is 42.5. The van der Waals surface area contributed by atoms with Crippen LogP contribution in [0.25, 0.3) is 0 Å². The second kappa shape index (κ2) is 6.87. The van der Waals surface area contributed by atoms with Gasteiger partial charge in [-0.2, -0.15) is 13.2 Å². The quantitative estimate of drug-likeness (QED) is 0.724. The molecule has 0 bridgehead atoms. The number of carbonyl (C=O) groups is 2. The molecule has 1 aliphatic rings. The van der Waals surface area contributed by atoms with E-state index in [1.165, 1.54) is 0 Å². The number of ether oxygens (including phenoxy) is 1. The van der Waals surface area contributed by atoms with Crippen molar-refractivity contribution >= 4 is 11.9 Å². The van der Waals surface area contributed by atoms with Crippen molar-refractivity contribution in [3.8, 4) is 0 Å². The first kappa shape index (κ1) is 18.8. The second-order valence-corrected chi connectivity index (χ2v) is 6.92. The molecule has 1 rings (SSSR count). The molecule has 1 saturated carbocycles. The van der Waals surface area contributed by atoms with Gasteiger partial charge in [0.2, 0.25) is 0 Å². The van der Waals surface area contributed by atoms with Crippen LogP contribution in [0.3, 0.4) is 0 Å². The fourth-order valence-corrected chi connectivity index (χ4v) is 2.33. The van der Waals surface area contributed by atoms with Crippen molar-refractivity contribution in [2.45, 2.75) is 64.7 Å². The average molecular weight is 324 g/mol. The Bertz CT molecular complexity index is 408. The average Bonchev–Trinajstić information content (AvgIpc) is 3.07. The van der Waals surface area contributed by atoms with E-state index in [2.05, 4.69) is 0 Å². The van der Waals surface area contributed by atoms with Crippen LogP contribution in [0.4, 0.5) is 13.2 Å². The third-order valence-corrected chi connectivity index (χ3v) is 3.54. The molecule has 0 aliphatic heterocycles. The SMILES string of the molecule is CC(C)(C)OC(=O)[C@H](CCC(F)(F)F)[C@H](CC1CC1)C(=O)O. The fourth-order valence-electron chi connectivity index (χ4n) is 2.33. The molecule has 22 heavy (non-hydrogen) atoms. The molecule has 0 radical (unpaired) electrons. The zero-order valence-corrected chi connectivity index (χ0v) is 13.1. The predicted octanol–water partition coefficient (Wildman–Crippen LogP) is 3.79. The van der Waals surface area contributed by atoms with Gasteiger partial charge in [0.05, 0.1) is 11.8 Å². The smallest absolute Gasteiger partial charge is 0.389 e. The van der Waals surface area contributed by atoms with Crippen LogP contribution in [0, 0.1) is 17.8 Å². The second-order valence-electron chi connectivity index (χ2n) is 6.92. The van der Waals surface area contributed by atoms with Gasteiger partial charge in [0, 0.05) is 6.42 Å². The fraction of sp³-hybridized carbons (Fsp3) is 0.867. The van der Waals surface area contributed by atoms with Gasteiger partial charge in [-0.05, 0) is 39.5 Å². The van der Waals surface area contributed by atoms with Crippen molar-refractivity contribution in [1.29, 1.82) is 0 Å². The maximum absolute atomic E-state index is 12.5. The van der Waals surface area contributed by atoms with Crippen molar-refractivity contribution < 1.29 is 32.6 Å². The Morgan fingerprint density at radius 2 is 1.73 bits per heavy atom. The Kier molecular flexibility index (Phi) is 5.87. The van der Waals surface area contributed by atoms with Crippen molar-refractivity contribution in [3.05, 3.63) is 0 Å². The summed E-state index contributed by atoms with van der Waals surface area (Å²) in [6.45, 7) is 4.80. The number of hydrogen-bond donors (Lipinski definition) is 1. The molecule has 0 saturated heterocycles. The summed E-state index contributed by atoms with van der Waals surface area (Å²) in [7, 11) is 0. The lowest BCUT2D eigenvalue weighted by Crippen LogP contribution is -2.36. The summed E-state index contributed by atoms with van der Waals surface area (Å²) in [4.78, 5) is 23.6. The maximum atomic E-state index is 12.5. The molecular weight excluding hydrogens is 301 g/mol. The number of carbonyl (C=O) groups excluding carboxylic acids is 1. The molecule has 128 valence electrons. The lowest BCUT2D eigenvalue weighted by molar-refractivity contribution is -0.171. The predicted molar refractivity (Wildman–Crippen MR) is 73.1 cm³/mol. The van der Waals surface area contributed by atoms with Crippen LogP contribution in [0.5, 0.6) is 0 Å². The molecule has 0 aromatic heterocycles. The van der Waals surface area contributed by atoms with E-state index in [9.17, 15) is 27.9 Å². The van der Waals surface area contributed by atoms with Crippen molar-refractivity contribution in [1.82, 2.24) is 0 Å². The molecule has 1 aliphatic carbocycles. The number of halogens is 3. The number of hydrogen-bond acceptors (Lipinski definition) is 3. The van der Waals surface area contributed by atoms with E-state index in [-0.39, 0.29) is 12.3 Å². The molecule has 1 fully saturated rings. The van der Waals surface area contributed by atoms with Gasteiger partial charge in [-0.1, -0.05) is 12.8 Å². The van der Waals surface area contributed by atoms with E-state index in [0.717, 1.165) is 12.8 Å². The van der Waals surface area contributed by atoms with Gasteiger partial charge in [0.15, 0.2) is 0 Å². The van der Waals surface area contributed by atoms with Crippen LogP contribution >= 0.6 is 0 Å². The molecule has 1 N–H and O–H groups in total. The molecule has 0 spiro atoms. The highest BCUT2D eigenvalue weighted by Gasteiger charge is 2.42. The van der Waals surface area contributed by atoms with Crippen LogP contribution in [0.2, 0.25) is 0 Å². The number of aliphatic carboxylic acids is 1. The minimum atomic E-state index is -4.43. The summed E-state index contributed by atoms with van der Waals surface area (Å²) in [6.07, 6.45) is -4.21.